The second-order valence-electron chi connectivity index (χ2n) is 2.83. The molecule has 0 saturated carbocycles. The highest BCUT2D eigenvalue weighted by molar-refractivity contribution is 5.76. The predicted molar refractivity (Wildman–Crippen MR) is 52.3 cm³/mol. The van der Waals surface area contributed by atoms with Gasteiger partial charge in [-0.05, 0) is 12.1 Å². The monoisotopic (exact) mass is 174 g/mol. The van der Waals surface area contributed by atoms with Crippen molar-refractivity contribution in [3.63, 3.8) is 0 Å². The maximum absolute atomic E-state index is 5.60. The van der Waals surface area contributed by atoms with Crippen LogP contribution >= 0.6 is 0 Å². The highest BCUT2D eigenvalue weighted by atomic mass is 16.3. The number of aromatic nitrogens is 1. The maximum Gasteiger partial charge on any atom is 0.199 e. The van der Waals surface area contributed by atoms with E-state index in [0.29, 0.717) is 18.0 Å². The number of hydrogen-bond acceptors (Lipinski definition) is 3. The summed E-state index contributed by atoms with van der Waals surface area (Å²) < 4.78 is 5.43. The fraction of sp³-hybridized carbons (Fsp3) is 0.100. The van der Waals surface area contributed by atoms with Crippen LogP contribution in [0.2, 0.25) is 0 Å². The lowest BCUT2D eigenvalue weighted by atomic mass is 10.3. The first-order valence-electron chi connectivity index (χ1n) is 4.05. The van der Waals surface area contributed by atoms with Crippen molar-refractivity contribution >= 4 is 16.8 Å². The molecule has 2 aromatic rings. The van der Waals surface area contributed by atoms with E-state index in [-0.39, 0.29) is 0 Å². The Bertz CT molecular complexity index is 445. The quantitative estimate of drug-likeness (QED) is 0.560. The second kappa shape index (κ2) is 2.94. The van der Waals surface area contributed by atoms with Gasteiger partial charge in [-0.2, -0.15) is 0 Å². The number of anilines is 1. The van der Waals surface area contributed by atoms with Crippen molar-refractivity contribution < 1.29 is 4.42 Å². The van der Waals surface area contributed by atoms with Crippen LogP contribution in [0.1, 0.15) is 5.89 Å². The molecule has 3 heteroatoms. The minimum atomic E-state index is 0.647. The van der Waals surface area contributed by atoms with Gasteiger partial charge in [0.1, 0.15) is 5.52 Å². The molecule has 0 amide bonds. The molecule has 1 heterocycles. The van der Waals surface area contributed by atoms with Crippen LogP contribution in [0.15, 0.2) is 35.3 Å². The standard InChI is InChI=1S/C10H10N2O/c1-2-3-10-12-8-5-4-7(11)6-9(8)13-10/h2,4-6H,1,3,11H2. The Balaban J connectivity index is 2.55. The lowest BCUT2D eigenvalue weighted by molar-refractivity contribution is 0.547. The Morgan fingerprint density at radius 3 is 3.15 bits per heavy atom. The Hall–Kier alpha value is -1.77. The van der Waals surface area contributed by atoms with Crippen molar-refractivity contribution in [1.29, 1.82) is 0 Å². The van der Waals surface area contributed by atoms with Crippen LogP contribution in [0.25, 0.3) is 11.1 Å². The summed E-state index contributed by atoms with van der Waals surface area (Å²) in [6.07, 6.45) is 2.41. The summed E-state index contributed by atoms with van der Waals surface area (Å²) in [7, 11) is 0. The second-order valence-corrected chi connectivity index (χ2v) is 2.83. The third-order valence-corrected chi connectivity index (χ3v) is 1.78. The molecule has 1 aromatic heterocycles. The normalized spacial score (nSPS) is 10.5. The molecule has 2 rings (SSSR count). The van der Waals surface area contributed by atoms with Crippen molar-refractivity contribution in [3.05, 3.63) is 36.7 Å². The van der Waals surface area contributed by atoms with Gasteiger partial charge in [0, 0.05) is 18.2 Å². The molecule has 0 radical (unpaired) electrons. The van der Waals surface area contributed by atoms with Crippen LogP contribution in [0.3, 0.4) is 0 Å². The lowest BCUT2D eigenvalue weighted by Crippen LogP contribution is -1.81. The number of nitrogen functional groups attached to an aromatic ring is 1. The number of rotatable bonds is 2. The van der Waals surface area contributed by atoms with Crippen molar-refractivity contribution in [2.24, 2.45) is 0 Å². The van der Waals surface area contributed by atoms with Gasteiger partial charge in [-0.25, -0.2) is 4.98 Å². The van der Waals surface area contributed by atoms with Crippen molar-refractivity contribution in [3.8, 4) is 0 Å². The summed E-state index contributed by atoms with van der Waals surface area (Å²) in [6.45, 7) is 3.62. The molecule has 66 valence electrons. The predicted octanol–water partition coefficient (Wildman–Crippen LogP) is 2.14. The van der Waals surface area contributed by atoms with Gasteiger partial charge in [0.15, 0.2) is 11.5 Å². The van der Waals surface area contributed by atoms with E-state index in [4.69, 9.17) is 10.2 Å². The zero-order chi connectivity index (χ0) is 9.26. The van der Waals surface area contributed by atoms with Gasteiger partial charge >= 0.3 is 0 Å². The molecular formula is C10H10N2O. The highest BCUT2D eigenvalue weighted by Gasteiger charge is 2.03. The number of nitrogens with zero attached hydrogens (tertiary/aromatic N) is 1. The fourth-order valence-electron chi connectivity index (χ4n) is 1.20. The molecule has 0 aliphatic rings. The molecule has 0 fully saturated rings. The summed E-state index contributed by atoms with van der Waals surface area (Å²) in [5, 5.41) is 0. The third kappa shape index (κ3) is 1.40. The van der Waals surface area contributed by atoms with Crippen molar-refractivity contribution in [2.45, 2.75) is 6.42 Å². The van der Waals surface area contributed by atoms with Crippen molar-refractivity contribution in [1.82, 2.24) is 4.98 Å². The Morgan fingerprint density at radius 2 is 2.38 bits per heavy atom. The van der Waals surface area contributed by atoms with Gasteiger partial charge in [-0.3, -0.25) is 0 Å². The molecule has 1 aromatic carbocycles. The summed E-state index contributed by atoms with van der Waals surface area (Å²) in [6, 6.07) is 5.43. The minimum Gasteiger partial charge on any atom is -0.440 e. The van der Waals surface area contributed by atoms with Crippen LogP contribution in [-0.2, 0) is 6.42 Å². The van der Waals surface area contributed by atoms with Crippen LogP contribution < -0.4 is 5.73 Å². The molecule has 2 N–H and O–H groups in total. The van der Waals surface area contributed by atoms with Crippen LogP contribution in [0, 0.1) is 0 Å². The van der Waals surface area contributed by atoms with E-state index in [2.05, 4.69) is 11.6 Å². The number of oxazole rings is 1. The molecule has 3 nitrogen and oxygen atoms in total. The summed E-state index contributed by atoms with van der Waals surface area (Å²) >= 11 is 0. The first kappa shape index (κ1) is 7.86. The smallest absolute Gasteiger partial charge is 0.199 e. The van der Waals surface area contributed by atoms with Gasteiger partial charge < -0.3 is 10.2 Å². The zero-order valence-electron chi connectivity index (χ0n) is 7.16. The lowest BCUT2D eigenvalue weighted by Gasteiger charge is -1.88. The van der Waals surface area contributed by atoms with E-state index in [0.717, 1.165) is 11.1 Å². The van der Waals surface area contributed by atoms with Gasteiger partial charge in [-0.1, -0.05) is 6.08 Å². The molecule has 13 heavy (non-hydrogen) atoms. The average molecular weight is 174 g/mol. The first-order chi connectivity index (χ1) is 6.29. The van der Waals surface area contributed by atoms with Crippen LogP contribution in [0.4, 0.5) is 5.69 Å². The first-order valence-corrected chi connectivity index (χ1v) is 4.05. The van der Waals surface area contributed by atoms with Gasteiger partial charge in [0.2, 0.25) is 0 Å². The molecule has 0 unspecified atom stereocenters. The number of benzene rings is 1. The largest absolute Gasteiger partial charge is 0.440 e. The topological polar surface area (TPSA) is 52.0 Å². The van der Waals surface area contributed by atoms with Gasteiger partial charge in [0.05, 0.1) is 0 Å². The zero-order valence-corrected chi connectivity index (χ0v) is 7.16. The Kier molecular flexibility index (Phi) is 1.77. The van der Waals surface area contributed by atoms with Crippen molar-refractivity contribution in [2.75, 3.05) is 5.73 Å². The molecule has 0 spiro atoms. The van der Waals surface area contributed by atoms with E-state index < -0.39 is 0 Å². The number of allylic oxidation sites excluding steroid dienone is 1. The molecule has 0 bridgehead atoms. The van der Waals surface area contributed by atoms with E-state index >= 15 is 0 Å². The van der Waals surface area contributed by atoms with Crippen LogP contribution in [0.5, 0.6) is 0 Å². The third-order valence-electron chi connectivity index (χ3n) is 1.78. The van der Waals surface area contributed by atoms with E-state index in [1.165, 1.54) is 0 Å². The molecule has 0 saturated heterocycles. The number of nitrogens with two attached hydrogens (primary N) is 1. The van der Waals surface area contributed by atoms with E-state index in [1.54, 1.807) is 12.1 Å². The number of hydrogen-bond donors (Lipinski definition) is 1. The molecule has 0 aliphatic heterocycles. The maximum atomic E-state index is 5.60. The summed E-state index contributed by atoms with van der Waals surface area (Å²) in [5.41, 5.74) is 7.86. The average Bonchev–Trinajstić information content (AvgIpc) is 2.46. The molecule has 0 atom stereocenters. The fourth-order valence-corrected chi connectivity index (χ4v) is 1.20. The summed E-state index contributed by atoms with van der Waals surface area (Å²) in [5.74, 6) is 0.676. The number of fused-ring (bicyclic) bond motifs is 1. The van der Waals surface area contributed by atoms with E-state index in [9.17, 15) is 0 Å². The van der Waals surface area contributed by atoms with E-state index in [1.807, 2.05) is 12.1 Å². The molecular weight excluding hydrogens is 164 g/mol. The SMILES string of the molecule is C=CCc1nc2ccc(N)cc2o1. The molecule has 0 aliphatic carbocycles. The summed E-state index contributed by atoms with van der Waals surface area (Å²) in [4.78, 5) is 4.25. The highest BCUT2D eigenvalue weighted by Crippen LogP contribution is 2.18. The minimum absolute atomic E-state index is 0.647. The van der Waals surface area contributed by atoms with Gasteiger partial charge in [0.25, 0.3) is 0 Å². The van der Waals surface area contributed by atoms with Crippen LogP contribution in [-0.4, -0.2) is 4.98 Å². The Morgan fingerprint density at radius 1 is 1.54 bits per heavy atom. The Labute approximate surface area is 75.9 Å². The van der Waals surface area contributed by atoms with Gasteiger partial charge in [-0.15, -0.1) is 6.58 Å².